The second-order valence-corrected chi connectivity index (χ2v) is 9.91. The lowest BCUT2D eigenvalue weighted by Crippen LogP contribution is -2.22. The topological polar surface area (TPSA) is 90.7 Å². The van der Waals surface area contributed by atoms with Crippen LogP contribution in [0.4, 0.5) is 0 Å². The van der Waals surface area contributed by atoms with E-state index in [0.29, 0.717) is 26.2 Å². The molecule has 0 radical (unpaired) electrons. The Morgan fingerprint density at radius 2 is 1.28 bits per heavy atom. The SMILES string of the molecule is CC(=O)NCCc1cccc2ccc(OCCCCCOc3ccc4cccc(CCCC(N)=O)c4c3)cc12. The fourth-order valence-corrected chi connectivity index (χ4v) is 4.84. The van der Waals surface area contributed by atoms with Gasteiger partial charge in [0, 0.05) is 19.9 Å². The van der Waals surface area contributed by atoms with Crippen molar-refractivity contribution in [3.63, 3.8) is 0 Å². The van der Waals surface area contributed by atoms with Crippen LogP contribution < -0.4 is 20.5 Å². The van der Waals surface area contributed by atoms with E-state index in [0.717, 1.165) is 50.0 Å². The van der Waals surface area contributed by atoms with Gasteiger partial charge >= 0.3 is 0 Å². The summed E-state index contributed by atoms with van der Waals surface area (Å²) in [4.78, 5) is 22.3. The number of primary amides is 1. The lowest BCUT2D eigenvalue weighted by atomic mass is 10.00. The third-order valence-corrected chi connectivity index (χ3v) is 6.85. The summed E-state index contributed by atoms with van der Waals surface area (Å²) in [6.07, 6.45) is 5.67. The Morgan fingerprint density at radius 1 is 0.718 bits per heavy atom. The quantitative estimate of drug-likeness (QED) is 0.183. The lowest BCUT2D eigenvalue weighted by molar-refractivity contribution is -0.119. The summed E-state index contributed by atoms with van der Waals surface area (Å²) >= 11 is 0. The summed E-state index contributed by atoms with van der Waals surface area (Å²) in [6, 6.07) is 24.9. The molecule has 4 aromatic rings. The average molecular weight is 527 g/mol. The van der Waals surface area contributed by atoms with Gasteiger partial charge in [0.25, 0.3) is 0 Å². The van der Waals surface area contributed by atoms with Gasteiger partial charge in [-0.15, -0.1) is 0 Å². The standard InChI is InChI=1S/C33H38N2O4/c1-24(36)35-19-18-28-11-6-10-27-15-17-30(23-32(27)28)39-21-4-2-3-20-38-29-16-14-26-9-5-8-25(31(26)22-29)12-7-13-33(34)37/h5-6,8-11,14-17,22-23H,2-4,7,12-13,18-21H2,1H3,(H2,34,37)(H,35,36). The number of ether oxygens (including phenoxy) is 2. The Morgan fingerprint density at radius 3 is 1.82 bits per heavy atom. The fraction of sp³-hybridized carbons (Fsp3) is 0.333. The number of fused-ring (bicyclic) bond motifs is 2. The second-order valence-electron chi connectivity index (χ2n) is 9.91. The minimum atomic E-state index is -0.258. The zero-order chi connectivity index (χ0) is 27.5. The largest absolute Gasteiger partial charge is 0.494 e. The molecule has 0 bridgehead atoms. The fourth-order valence-electron chi connectivity index (χ4n) is 4.84. The van der Waals surface area contributed by atoms with Gasteiger partial charge < -0.3 is 20.5 Å². The molecule has 0 heterocycles. The first-order valence-corrected chi connectivity index (χ1v) is 13.8. The van der Waals surface area contributed by atoms with Crippen LogP contribution in [0.1, 0.15) is 50.2 Å². The van der Waals surface area contributed by atoms with Crippen molar-refractivity contribution in [2.45, 2.75) is 51.9 Å². The number of nitrogens with one attached hydrogen (secondary N) is 1. The third-order valence-electron chi connectivity index (χ3n) is 6.85. The number of rotatable bonds is 15. The average Bonchev–Trinajstić information content (AvgIpc) is 2.92. The number of amides is 2. The van der Waals surface area contributed by atoms with Gasteiger partial charge in [0.2, 0.25) is 11.8 Å². The first kappa shape index (κ1) is 28.0. The number of hydrogen-bond donors (Lipinski definition) is 2. The number of carbonyl (C=O) groups is 2. The molecular formula is C33H38N2O4. The number of aryl methyl sites for hydroxylation is 1. The molecule has 0 atom stereocenters. The van der Waals surface area contributed by atoms with E-state index in [1.807, 2.05) is 12.1 Å². The molecule has 0 aliphatic rings. The normalized spacial score (nSPS) is 11.0. The van der Waals surface area contributed by atoms with Gasteiger partial charge in [0.15, 0.2) is 0 Å². The van der Waals surface area contributed by atoms with Crippen LogP contribution >= 0.6 is 0 Å². The maximum absolute atomic E-state index is 11.2. The summed E-state index contributed by atoms with van der Waals surface area (Å²) in [5.74, 6) is 1.47. The maximum Gasteiger partial charge on any atom is 0.217 e. The van der Waals surface area contributed by atoms with Crippen LogP contribution in [0, 0.1) is 0 Å². The lowest BCUT2D eigenvalue weighted by Gasteiger charge is -2.11. The van der Waals surface area contributed by atoms with E-state index in [9.17, 15) is 9.59 Å². The Bertz CT molecular complexity index is 1310. The van der Waals surface area contributed by atoms with Crippen LogP contribution in [0.5, 0.6) is 11.5 Å². The molecule has 3 N–H and O–H groups in total. The van der Waals surface area contributed by atoms with Crippen LogP contribution in [0.15, 0.2) is 72.8 Å². The summed E-state index contributed by atoms with van der Waals surface area (Å²) in [7, 11) is 0. The molecule has 0 fully saturated rings. The van der Waals surface area contributed by atoms with Gasteiger partial charge in [-0.25, -0.2) is 0 Å². The van der Waals surface area contributed by atoms with E-state index in [2.05, 4.69) is 66.0 Å². The maximum atomic E-state index is 11.2. The molecule has 0 aromatic heterocycles. The van der Waals surface area contributed by atoms with Crippen molar-refractivity contribution in [2.75, 3.05) is 19.8 Å². The van der Waals surface area contributed by atoms with Crippen molar-refractivity contribution in [2.24, 2.45) is 5.73 Å². The van der Waals surface area contributed by atoms with Crippen LogP contribution in [0.25, 0.3) is 21.5 Å². The number of benzene rings is 4. The van der Waals surface area contributed by atoms with Gasteiger partial charge in [0.05, 0.1) is 13.2 Å². The van der Waals surface area contributed by atoms with Crippen LogP contribution in [-0.4, -0.2) is 31.6 Å². The smallest absolute Gasteiger partial charge is 0.217 e. The van der Waals surface area contributed by atoms with E-state index in [1.165, 1.54) is 39.6 Å². The van der Waals surface area contributed by atoms with Crippen molar-refractivity contribution in [3.8, 4) is 11.5 Å². The zero-order valence-electron chi connectivity index (χ0n) is 22.7. The van der Waals surface area contributed by atoms with E-state index >= 15 is 0 Å². The van der Waals surface area contributed by atoms with Crippen LogP contribution in [-0.2, 0) is 22.4 Å². The van der Waals surface area contributed by atoms with E-state index in [4.69, 9.17) is 15.2 Å². The summed E-state index contributed by atoms with van der Waals surface area (Å²) in [5, 5.41) is 7.55. The zero-order valence-corrected chi connectivity index (χ0v) is 22.7. The van der Waals surface area contributed by atoms with Crippen molar-refractivity contribution in [1.82, 2.24) is 5.32 Å². The Hall–Kier alpha value is -4.06. The first-order valence-electron chi connectivity index (χ1n) is 13.8. The number of carbonyl (C=O) groups excluding carboxylic acids is 2. The number of hydrogen-bond acceptors (Lipinski definition) is 4. The molecule has 6 heteroatoms. The molecule has 204 valence electrons. The molecule has 0 saturated carbocycles. The van der Waals surface area contributed by atoms with Crippen LogP contribution in [0.2, 0.25) is 0 Å². The number of unbranched alkanes of at least 4 members (excludes halogenated alkanes) is 2. The highest BCUT2D eigenvalue weighted by Crippen LogP contribution is 2.26. The monoisotopic (exact) mass is 526 g/mol. The molecule has 0 unspecified atom stereocenters. The second kappa shape index (κ2) is 14.2. The molecule has 0 aliphatic carbocycles. The summed E-state index contributed by atoms with van der Waals surface area (Å²) < 4.78 is 12.1. The van der Waals surface area contributed by atoms with Crippen molar-refractivity contribution in [3.05, 3.63) is 83.9 Å². The van der Waals surface area contributed by atoms with Crippen molar-refractivity contribution >= 4 is 33.4 Å². The molecule has 0 saturated heterocycles. The van der Waals surface area contributed by atoms with Crippen molar-refractivity contribution < 1.29 is 19.1 Å². The molecule has 2 amide bonds. The molecule has 4 rings (SSSR count). The molecule has 0 aliphatic heterocycles. The van der Waals surface area contributed by atoms with E-state index in [1.54, 1.807) is 0 Å². The van der Waals surface area contributed by atoms with E-state index < -0.39 is 0 Å². The predicted octanol–water partition coefficient (Wildman–Crippen LogP) is 6.11. The van der Waals surface area contributed by atoms with E-state index in [-0.39, 0.29) is 11.8 Å². The summed E-state index contributed by atoms with van der Waals surface area (Å²) in [6.45, 7) is 3.48. The summed E-state index contributed by atoms with van der Waals surface area (Å²) in [5.41, 5.74) is 7.71. The van der Waals surface area contributed by atoms with Gasteiger partial charge in [-0.1, -0.05) is 48.5 Å². The molecule has 6 nitrogen and oxygen atoms in total. The Kier molecular flexibility index (Phi) is 10.2. The Balaban J connectivity index is 1.21. The minimum Gasteiger partial charge on any atom is -0.494 e. The van der Waals surface area contributed by atoms with Gasteiger partial charge in [-0.3, -0.25) is 9.59 Å². The minimum absolute atomic E-state index is 0.00947. The molecule has 0 spiro atoms. The van der Waals surface area contributed by atoms with Gasteiger partial charge in [0.1, 0.15) is 11.5 Å². The van der Waals surface area contributed by atoms with Gasteiger partial charge in [-0.2, -0.15) is 0 Å². The highest BCUT2D eigenvalue weighted by molar-refractivity contribution is 5.88. The number of nitrogens with two attached hydrogens (primary N) is 1. The predicted molar refractivity (Wildman–Crippen MR) is 157 cm³/mol. The first-order chi connectivity index (χ1) is 19.0. The van der Waals surface area contributed by atoms with Gasteiger partial charge in [-0.05, 0) is 95.5 Å². The molecule has 39 heavy (non-hydrogen) atoms. The highest BCUT2D eigenvalue weighted by atomic mass is 16.5. The van der Waals surface area contributed by atoms with Crippen molar-refractivity contribution in [1.29, 1.82) is 0 Å². The highest BCUT2D eigenvalue weighted by Gasteiger charge is 2.06. The van der Waals surface area contributed by atoms with Crippen LogP contribution in [0.3, 0.4) is 0 Å². The molecular weight excluding hydrogens is 488 g/mol. The Labute approximate surface area is 230 Å². The molecule has 4 aromatic carbocycles. The third kappa shape index (κ3) is 8.47.